The Bertz CT molecular complexity index is 321. The molecule has 1 aromatic rings. The van der Waals surface area contributed by atoms with Crippen molar-refractivity contribution in [2.24, 2.45) is 17.4 Å². The fourth-order valence-corrected chi connectivity index (χ4v) is 2.00. The van der Waals surface area contributed by atoms with Gasteiger partial charge in [-0.15, -0.1) is 0 Å². The number of hydrogen-bond acceptors (Lipinski definition) is 2. The Labute approximate surface area is 83.1 Å². The van der Waals surface area contributed by atoms with Crippen LogP contribution in [0.2, 0.25) is 0 Å². The number of hydrogen-bond donors (Lipinski definition) is 2. The summed E-state index contributed by atoms with van der Waals surface area (Å²) in [4.78, 5) is 0. The topological polar surface area (TPSA) is 52.0 Å². The van der Waals surface area contributed by atoms with Crippen LogP contribution in [0.3, 0.4) is 0 Å². The molecule has 1 aliphatic carbocycles. The summed E-state index contributed by atoms with van der Waals surface area (Å²) in [5.74, 6) is 0.141. The predicted molar refractivity (Wildman–Crippen MR) is 54.0 cm³/mol. The van der Waals surface area contributed by atoms with Crippen LogP contribution in [-0.4, -0.2) is 6.04 Å². The average Bonchev–Trinajstić information content (AvgIpc) is 2.13. The molecule has 1 unspecified atom stereocenters. The zero-order chi connectivity index (χ0) is 10.1. The summed E-state index contributed by atoms with van der Waals surface area (Å²) >= 11 is 0. The SMILES string of the molecule is NC1CC(C(N)c2ccccc2F)C1. The molecule has 1 fully saturated rings. The molecule has 1 aromatic carbocycles. The van der Waals surface area contributed by atoms with Crippen LogP contribution in [0.25, 0.3) is 0 Å². The van der Waals surface area contributed by atoms with E-state index in [1.54, 1.807) is 12.1 Å². The Morgan fingerprint density at radius 2 is 1.93 bits per heavy atom. The van der Waals surface area contributed by atoms with Crippen molar-refractivity contribution in [3.05, 3.63) is 35.6 Å². The van der Waals surface area contributed by atoms with Gasteiger partial charge in [0.05, 0.1) is 0 Å². The summed E-state index contributed by atoms with van der Waals surface area (Å²) in [7, 11) is 0. The predicted octanol–water partition coefficient (Wildman–Crippen LogP) is 1.56. The Morgan fingerprint density at radius 3 is 2.50 bits per heavy atom. The van der Waals surface area contributed by atoms with Crippen LogP contribution in [0, 0.1) is 11.7 Å². The van der Waals surface area contributed by atoms with Gasteiger partial charge in [-0.25, -0.2) is 4.39 Å². The molecule has 0 aliphatic heterocycles. The molecule has 1 aliphatic rings. The minimum atomic E-state index is -0.208. The van der Waals surface area contributed by atoms with Gasteiger partial charge in [0.2, 0.25) is 0 Å². The van der Waals surface area contributed by atoms with Crippen molar-refractivity contribution in [1.29, 1.82) is 0 Å². The first-order chi connectivity index (χ1) is 6.68. The number of benzene rings is 1. The van der Waals surface area contributed by atoms with Gasteiger partial charge in [-0.3, -0.25) is 0 Å². The number of halogens is 1. The molecular weight excluding hydrogens is 179 g/mol. The van der Waals surface area contributed by atoms with Crippen molar-refractivity contribution < 1.29 is 4.39 Å². The van der Waals surface area contributed by atoms with Crippen LogP contribution in [0.1, 0.15) is 24.4 Å². The fraction of sp³-hybridized carbons (Fsp3) is 0.455. The molecule has 3 heteroatoms. The summed E-state index contributed by atoms with van der Waals surface area (Å²) in [5, 5.41) is 0. The third-order valence-corrected chi connectivity index (χ3v) is 2.98. The smallest absolute Gasteiger partial charge is 0.127 e. The van der Waals surface area contributed by atoms with E-state index in [1.807, 2.05) is 6.07 Å². The van der Waals surface area contributed by atoms with Crippen molar-refractivity contribution in [2.75, 3.05) is 0 Å². The molecular formula is C11H15FN2. The molecule has 1 atom stereocenters. The van der Waals surface area contributed by atoms with E-state index < -0.39 is 0 Å². The molecule has 0 radical (unpaired) electrons. The lowest BCUT2D eigenvalue weighted by atomic mass is 9.74. The highest BCUT2D eigenvalue weighted by Gasteiger charge is 2.32. The second kappa shape index (κ2) is 3.67. The Kier molecular flexibility index (Phi) is 2.52. The first-order valence-corrected chi connectivity index (χ1v) is 4.94. The molecule has 4 N–H and O–H groups in total. The van der Waals surface area contributed by atoms with Gasteiger partial charge in [-0.2, -0.15) is 0 Å². The largest absolute Gasteiger partial charge is 0.328 e. The van der Waals surface area contributed by atoms with E-state index in [1.165, 1.54) is 6.07 Å². The van der Waals surface area contributed by atoms with Gasteiger partial charge in [0.1, 0.15) is 5.82 Å². The van der Waals surface area contributed by atoms with Gasteiger partial charge in [0.25, 0.3) is 0 Å². The number of rotatable bonds is 2. The Hall–Kier alpha value is -0.930. The van der Waals surface area contributed by atoms with Gasteiger partial charge in [0, 0.05) is 17.6 Å². The quantitative estimate of drug-likeness (QED) is 0.750. The zero-order valence-corrected chi connectivity index (χ0v) is 7.99. The molecule has 2 rings (SSSR count). The highest BCUT2D eigenvalue weighted by molar-refractivity contribution is 5.22. The van der Waals surface area contributed by atoms with Crippen molar-refractivity contribution in [3.63, 3.8) is 0 Å². The van der Waals surface area contributed by atoms with Crippen LogP contribution in [0.5, 0.6) is 0 Å². The first kappa shape index (κ1) is 9.62. The summed E-state index contributed by atoms with van der Waals surface area (Å²) < 4.78 is 13.3. The van der Waals surface area contributed by atoms with Gasteiger partial charge < -0.3 is 11.5 Å². The average molecular weight is 194 g/mol. The molecule has 0 saturated heterocycles. The van der Waals surface area contributed by atoms with Gasteiger partial charge in [-0.05, 0) is 24.8 Å². The van der Waals surface area contributed by atoms with Crippen molar-refractivity contribution in [1.82, 2.24) is 0 Å². The van der Waals surface area contributed by atoms with Crippen LogP contribution in [-0.2, 0) is 0 Å². The summed E-state index contributed by atoms with van der Waals surface area (Å²) in [6, 6.07) is 6.76. The molecule has 0 bridgehead atoms. The maximum Gasteiger partial charge on any atom is 0.127 e. The van der Waals surface area contributed by atoms with Crippen molar-refractivity contribution >= 4 is 0 Å². The molecule has 1 saturated carbocycles. The minimum absolute atomic E-state index is 0.198. The van der Waals surface area contributed by atoms with Crippen LogP contribution >= 0.6 is 0 Å². The van der Waals surface area contributed by atoms with E-state index in [9.17, 15) is 4.39 Å². The monoisotopic (exact) mass is 194 g/mol. The Balaban J connectivity index is 2.11. The van der Waals surface area contributed by atoms with E-state index in [-0.39, 0.29) is 17.9 Å². The summed E-state index contributed by atoms with van der Waals surface area (Å²) in [5.41, 5.74) is 12.3. The van der Waals surface area contributed by atoms with E-state index in [4.69, 9.17) is 11.5 Å². The van der Waals surface area contributed by atoms with Gasteiger partial charge >= 0.3 is 0 Å². The lowest BCUT2D eigenvalue weighted by molar-refractivity contribution is 0.221. The minimum Gasteiger partial charge on any atom is -0.328 e. The maximum atomic E-state index is 13.3. The molecule has 0 amide bonds. The van der Waals surface area contributed by atoms with Crippen LogP contribution in [0.4, 0.5) is 4.39 Å². The lowest BCUT2D eigenvalue weighted by Crippen LogP contribution is -2.41. The fourth-order valence-electron chi connectivity index (χ4n) is 2.00. The maximum absolute atomic E-state index is 13.3. The van der Waals surface area contributed by atoms with Crippen LogP contribution in [0.15, 0.2) is 24.3 Å². The van der Waals surface area contributed by atoms with E-state index in [0.717, 1.165) is 12.8 Å². The highest BCUT2D eigenvalue weighted by Crippen LogP contribution is 2.36. The van der Waals surface area contributed by atoms with Gasteiger partial charge in [-0.1, -0.05) is 18.2 Å². The molecule has 14 heavy (non-hydrogen) atoms. The van der Waals surface area contributed by atoms with E-state index in [2.05, 4.69) is 0 Å². The molecule has 0 heterocycles. The second-order valence-corrected chi connectivity index (χ2v) is 4.04. The van der Waals surface area contributed by atoms with Crippen LogP contribution < -0.4 is 11.5 Å². The first-order valence-electron chi connectivity index (χ1n) is 4.94. The summed E-state index contributed by atoms with van der Waals surface area (Å²) in [6.45, 7) is 0. The summed E-state index contributed by atoms with van der Waals surface area (Å²) in [6.07, 6.45) is 1.82. The highest BCUT2D eigenvalue weighted by atomic mass is 19.1. The normalized spacial score (nSPS) is 28.2. The third-order valence-electron chi connectivity index (χ3n) is 2.98. The van der Waals surface area contributed by atoms with E-state index in [0.29, 0.717) is 11.5 Å². The molecule has 76 valence electrons. The zero-order valence-electron chi connectivity index (χ0n) is 7.99. The number of nitrogens with two attached hydrogens (primary N) is 2. The Morgan fingerprint density at radius 1 is 1.29 bits per heavy atom. The molecule has 0 aromatic heterocycles. The molecule has 2 nitrogen and oxygen atoms in total. The third kappa shape index (κ3) is 1.65. The van der Waals surface area contributed by atoms with Crippen molar-refractivity contribution in [3.8, 4) is 0 Å². The standard InChI is InChI=1S/C11H15FN2/c12-10-4-2-1-3-9(10)11(14)7-5-8(13)6-7/h1-4,7-8,11H,5-6,13-14H2. The van der Waals surface area contributed by atoms with Gasteiger partial charge in [0.15, 0.2) is 0 Å². The second-order valence-electron chi connectivity index (χ2n) is 4.04. The van der Waals surface area contributed by atoms with E-state index >= 15 is 0 Å². The molecule has 0 spiro atoms. The lowest BCUT2D eigenvalue weighted by Gasteiger charge is -2.36. The van der Waals surface area contributed by atoms with Crippen molar-refractivity contribution in [2.45, 2.75) is 24.9 Å².